The van der Waals surface area contributed by atoms with E-state index in [0.29, 0.717) is 5.69 Å². The molecule has 3 nitrogen and oxygen atoms in total. The van der Waals surface area contributed by atoms with E-state index in [2.05, 4.69) is 4.98 Å². The normalized spacial score (nSPS) is 10.2. The molecule has 0 aliphatic rings. The molecule has 2 rings (SSSR count). The summed E-state index contributed by atoms with van der Waals surface area (Å²) in [6.07, 6.45) is 1.87. The number of nitrogens with zero attached hydrogens (tertiary/aromatic N) is 1. The van der Waals surface area contributed by atoms with Gasteiger partial charge in [0.05, 0.1) is 0 Å². The van der Waals surface area contributed by atoms with Crippen LogP contribution in [-0.4, -0.2) is 15.9 Å². The number of hydrogen-bond donors (Lipinski definition) is 1. The van der Waals surface area contributed by atoms with Crippen molar-refractivity contribution in [1.82, 2.24) is 4.98 Å². The van der Waals surface area contributed by atoms with Crippen molar-refractivity contribution < 1.29 is 9.90 Å². The minimum absolute atomic E-state index is 0.0336. The first-order valence-electron chi connectivity index (χ1n) is 5.39. The molecular weight excluding hydrogens is 214 g/mol. The lowest BCUT2D eigenvalue weighted by Gasteiger charge is -2.04. The summed E-state index contributed by atoms with van der Waals surface area (Å²) < 4.78 is 0. The first kappa shape index (κ1) is 11.3. The van der Waals surface area contributed by atoms with Gasteiger partial charge in [-0.1, -0.05) is 18.2 Å². The summed E-state index contributed by atoms with van der Waals surface area (Å²) in [5.41, 5.74) is 2.16. The van der Waals surface area contributed by atoms with Crippen LogP contribution in [0.15, 0.2) is 42.6 Å². The molecule has 0 saturated heterocycles. The Balaban J connectivity index is 2.20. The Kier molecular flexibility index (Phi) is 3.19. The molecule has 0 amide bonds. The maximum Gasteiger partial charge on any atom is 0.185 e. The van der Waals surface area contributed by atoms with Gasteiger partial charge in [0, 0.05) is 12.6 Å². The third-order valence-corrected chi connectivity index (χ3v) is 2.55. The van der Waals surface area contributed by atoms with E-state index < -0.39 is 0 Å². The van der Waals surface area contributed by atoms with Crippen molar-refractivity contribution in [2.45, 2.75) is 13.3 Å². The average molecular weight is 227 g/mol. The van der Waals surface area contributed by atoms with Crippen molar-refractivity contribution in [2.24, 2.45) is 0 Å². The molecule has 0 saturated carbocycles. The van der Waals surface area contributed by atoms with Gasteiger partial charge >= 0.3 is 0 Å². The van der Waals surface area contributed by atoms with Gasteiger partial charge in [-0.3, -0.25) is 9.78 Å². The molecule has 0 spiro atoms. The number of Topliss-reactive ketones (excluding diaryl/α,β-unsaturated/α-hetero) is 1. The SMILES string of the molecule is Cc1cccnc1C(=O)Cc1cccc(O)c1. The zero-order valence-corrected chi connectivity index (χ0v) is 9.55. The minimum Gasteiger partial charge on any atom is -0.508 e. The van der Waals surface area contributed by atoms with Crippen LogP contribution in [0.1, 0.15) is 21.6 Å². The van der Waals surface area contributed by atoms with Crippen LogP contribution in [0, 0.1) is 6.92 Å². The fraction of sp³-hybridized carbons (Fsp3) is 0.143. The highest BCUT2D eigenvalue weighted by molar-refractivity contribution is 5.96. The lowest BCUT2D eigenvalue weighted by Crippen LogP contribution is -2.07. The number of pyridine rings is 1. The van der Waals surface area contributed by atoms with Crippen molar-refractivity contribution in [1.29, 1.82) is 0 Å². The molecule has 0 aliphatic heterocycles. The third-order valence-electron chi connectivity index (χ3n) is 2.55. The molecular formula is C14H13NO2. The summed E-state index contributed by atoms with van der Waals surface area (Å²) in [5.74, 6) is 0.141. The molecule has 1 heterocycles. The van der Waals surface area contributed by atoms with Gasteiger partial charge in [-0.25, -0.2) is 0 Å². The highest BCUT2D eigenvalue weighted by Gasteiger charge is 2.10. The Labute approximate surface area is 99.8 Å². The summed E-state index contributed by atoms with van der Waals surface area (Å²) in [6, 6.07) is 10.4. The quantitative estimate of drug-likeness (QED) is 0.820. The number of carbonyl (C=O) groups is 1. The summed E-state index contributed by atoms with van der Waals surface area (Å²) in [6.45, 7) is 1.86. The summed E-state index contributed by atoms with van der Waals surface area (Å²) in [4.78, 5) is 16.1. The van der Waals surface area contributed by atoms with Crippen LogP contribution in [0.2, 0.25) is 0 Å². The molecule has 17 heavy (non-hydrogen) atoms. The molecule has 2 aromatic rings. The van der Waals surface area contributed by atoms with Gasteiger partial charge in [-0.05, 0) is 36.2 Å². The summed E-state index contributed by atoms with van der Waals surface area (Å²) in [5, 5.41) is 9.32. The second kappa shape index (κ2) is 4.78. The van der Waals surface area contributed by atoms with Gasteiger partial charge in [0.25, 0.3) is 0 Å². The lowest BCUT2D eigenvalue weighted by atomic mass is 10.0. The molecule has 0 aliphatic carbocycles. The number of aromatic hydroxyl groups is 1. The average Bonchev–Trinajstić information content (AvgIpc) is 2.29. The van der Waals surface area contributed by atoms with Crippen LogP contribution in [0.4, 0.5) is 0 Å². The molecule has 1 aromatic carbocycles. The molecule has 0 atom stereocenters. The number of aromatic nitrogens is 1. The molecule has 0 fully saturated rings. The summed E-state index contributed by atoms with van der Waals surface area (Å²) in [7, 11) is 0. The van der Waals surface area contributed by atoms with Crippen molar-refractivity contribution in [3.8, 4) is 5.75 Å². The van der Waals surface area contributed by atoms with Crippen LogP contribution in [0.3, 0.4) is 0 Å². The first-order valence-corrected chi connectivity index (χ1v) is 5.39. The monoisotopic (exact) mass is 227 g/mol. The van der Waals surface area contributed by atoms with E-state index in [1.165, 1.54) is 0 Å². The van der Waals surface area contributed by atoms with Crippen LogP contribution in [0.5, 0.6) is 5.75 Å². The van der Waals surface area contributed by atoms with E-state index >= 15 is 0 Å². The number of hydrogen-bond acceptors (Lipinski definition) is 3. The number of phenols is 1. The molecule has 1 N–H and O–H groups in total. The number of carbonyl (C=O) groups excluding carboxylic acids is 1. The fourth-order valence-electron chi connectivity index (χ4n) is 1.71. The van der Waals surface area contributed by atoms with Crippen LogP contribution < -0.4 is 0 Å². The molecule has 0 bridgehead atoms. The first-order chi connectivity index (χ1) is 8.16. The number of benzene rings is 1. The van der Waals surface area contributed by atoms with E-state index in [0.717, 1.165) is 11.1 Å². The predicted molar refractivity (Wildman–Crippen MR) is 65.1 cm³/mol. The smallest absolute Gasteiger partial charge is 0.185 e. The Morgan fingerprint density at radius 2 is 2.12 bits per heavy atom. The highest BCUT2D eigenvalue weighted by Crippen LogP contribution is 2.14. The standard InChI is InChI=1S/C14H13NO2/c1-10-4-3-7-15-14(10)13(17)9-11-5-2-6-12(16)8-11/h2-8,16H,9H2,1H3. The molecule has 1 aromatic heterocycles. The van der Waals surface area contributed by atoms with Gasteiger partial charge in [-0.2, -0.15) is 0 Å². The van der Waals surface area contributed by atoms with Gasteiger partial charge in [-0.15, -0.1) is 0 Å². The van der Waals surface area contributed by atoms with E-state index in [1.54, 1.807) is 30.5 Å². The maximum absolute atomic E-state index is 12.0. The number of aryl methyl sites for hydroxylation is 1. The van der Waals surface area contributed by atoms with Gasteiger partial charge in [0.1, 0.15) is 11.4 Å². The van der Waals surface area contributed by atoms with E-state index in [4.69, 9.17) is 0 Å². The zero-order chi connectivity index (χ0) is 12.3. The van der Waals surface area contributed by atoms with Gasteiger partial charge in [0.15, 0.2) is 5.78 Å². The van der Waals surface area contributed by atoms with Crippen molar-refractivity contribution >= 4 is 5.78 Å². The zero-order valence-electron chi connectivity index (χ0n) is 9.55. The van der Waals surface area contributed by atoms with Crippen LogP contribution in [-0.2, 0) is 6.42 Å². The Morgan fingerprint density at radius 1 is 1.29 bits per heavy atom. The largest absolute Gasteiger partial charge is 0.508 e. The van der Waals surface area contributed by atoms with Crippen LogP contribution in [0.25, 0.3) is 0 Å². The Bertz CT molecular complexity index is 549. The molecule has 3 heteroatoms. The minimum atomic E-state index is -0.0336. The highest BCUT2D eigenvalue weighted by atomic mass is 16.3. The Morgan fingerprint density at radius 3 is 2.82 bits per heavy atom. The number of rotatable bonds is 3. The van der Waals surface area contributed by atoms with Crippen molar-refractivity contribution in [3.05, 3.63) is 59.4 Å². The molecule has 0 radical (unpaired) electrons. The topological polar surface area (TPSA) is 50.2 Å². The lowest BCUT2D eigenvalue weighted by molar-refractivity contribution is 0.0987. The van der Waals surface area contributed by atoms with E-state index in [1.807, 2.05) is 19.1 Å². The third kappa shape index (κ3) is 2.69. The molecule has 86 valence electrons. The predicted octanol–water partition coefficient (Wildman–Crippen LogP) is 2.52. The van der Waals surface area contributed by atoms with Gasteiger partial charge < -0.3 is 5.11 Å². The second-order valence-corrected chi connectivity index (χ2v) is 3.94. The molecule has 0 unspecified atom stereocenters. The number of phenolic OH excluding ortho intramolecular Hbond substituents is 1. The van der Waals surface area contributed by atoms with E-state index in [-0.39, 0.29) is 18.0 Å². The van der Waals surface area contributed by atoms with E-state index in [9.17, 15) is 9.90 Å². The number of ketones is 1. The second-order valence-electron chi connectivity index (χ2n) is 3.94. The van der Waals surface area contributed by atoms with Crippen LogP contribution >= 0.6 is 0 Å². The summed E-state index contributed by atoms with van der Waals surface area (Å²) >= 11 is 0. The van der Waals surface area contributed by atoms with Crippen molar-refractivity contribution in [2.75, 3.05) is 0 Å². The van der Waals surface area contributed by atoms with Crippen molar-refractivity contribution in [3.63, 3.8) is 0 Å². The van der Waals surface area contributed by atoms with Gasteiger partial charge in [0.2, 0.25) is 0 Å². The maximum atomic E-state index is 12.0. The fourth-order valence-corrected chi connectivity index (χ4v) is 1.71. The Hall–Kier alpha value is -2.16.